The maximum Gasteiger partial charge on any atom is 0.408 e. The summed E-state index contributed by atoms with van der Waals surface area (Å²) >= 11 is 0. The van der Waals surface area contributed by atoms with E-state index in [4.69, 9.17) is 14.2 Å². The molecule has 2 aromatic carbocycles. The largest absolute Gasteiger partial charge is 0.497 e. The Morgan fingerprint density at radius 3 is 2.14 bits per heavy atom. The summed E-state index contributed by atoms with van der Waals surface area (Å²) in [6.07, 6.45) is -1.74. The molecule has 11 heteroatoms. The molecule has 0 fully saturated rings. The van der Waals surface area contributed by atoms with Gasteiger partial charge < -0.3 is 39.6 Å². The summed E-state index contributed by atoms with van der Waals surface area (Å²) in [6.45, 7) is 7.11. The van der Waals surface area contributed by atoms with Gasteiger partial charge in [0.25, 0.3) is 5.56 Å². The Morgan fingerprint density at radius 1 is 0.952 bits per heavy atom. The number of carbonyl (C=O) groups is 2. The van der Waals surface area contributed by atoms with Gasteiger partial charge in [-0.1, -0.05) is 36.4 Å². The molecule has 0 radical (unpaired) electrons. The van der Waals surface area contributed by atoms with E-state index in [2.05, 4.69) is 10.6 Å². The van der Waals surface area contributed by atoms with E-state index in [0.717, 1.165) is 5.56 Å². The zero-order chi connectivity index (χ0) is 31.0. The second-order valence-electron chi connectivity index (χ2n) is 10.9. The number of pyridine rings is 1. The summed E-state index contributed by atoms with van der Waals surface area (Å²) in [5.74, 6) is 0.0899. The summed E-state index contributed by atoms with van der Waals surface area (Å²) < 4.78 is 16.8. The highest BCUT2D eigenvalue weighted by Gasteiger charge is 2.26. The molecule has 2 unspecified atom stereocenters. The van der Waals surface area contributed by atoms with Gasteiger partial charge in [-0.25, -0.2) is 4.79 Å². The van der Waals surface area contributed by atoms with Gasteiger partial charge in [0.15, 0.2) is 6.29 Å². The van der Waals surface area contributed by atoms with Gasteiger partial charge in [-0.2, -0.15) is 0 Å². The van der Waals surface area contributed by atoms with Crippen LogP contribution in [-0.4, -0.2) is 58.9 Å². The molecule has 1 aromatic heterocycles. The molecule has 0 aliphatic carbocycles. The second kappa shape index (κ2) is 14.1. The molecule has 0 saturated heterocycles. The number of aryl methyl sites for hydroxylation is 1. The van der Waals surface area contributed by atoms with Crippen LogP contribution in [-0.2, 0) is 27.2 Å². The maximum absolute atomic E-state index is 13.5. The zero-order valence-electron chi connectivity index (χ0n) is 24.7. The number of aliphatic hydroxyl groups excluding tert-OH is 2. The first-order chi connectivity index (χ1) is 19.8. The van der Waals surface area contributed by atoms with Gasteiger partial charge in [0.1, 0.15) is 29.2 Å². The van der Waals surface area contributed by atoms with E-state index < -0.39 is 41.6 Å². The van der Waals surface area contributed by atoms with Crippen LogP contribution in [0.3, 0.4) is 0 Å². The molecule has 1 heterocycles. The lowest BCUT2D eigenvalue weighted by Crippen LogP contribution is -2.47. The Kier molecular flexibility index (Phi) is 10.9. The van der Waals surface area contributed by atoms with Crippen molar-refractivity contribution in [3.05, 3.63) is 93.4 Å². The predicted octanol–water partition coefficient (Wildman–Crippen LogP) is 3.29. The molecule has 0 aliphatic heterocycles. The van der Waals surface area contributed by atoms with Gasteiger partial charge >= 0.3 is 6.09 Å². The fourth-order valence-electron chi connectivity index (χ4n) is 4.12. The van der Waals surface area contributed by atoms with Crippen LogP contribution in [0.4, 0.5) is 10.5 Å². The fraction of sp³-hybridized carbons (Fsp3) is 0.387. The molecular formula is C31H39N3O8. The highest BCUT2D eigenvalue weighted by molar-refractivity contribution is 5.97. The Balaban J connectivity index is 1.85. The van der Waals surface area contributed by atoms with Crippen molar-refractivity contribution < 1.29 is 34.0 Å². The average molecular weight is 582 g/mol. The standard InChI is InChI=1S/C31H39N3O8/c1-19-15-16-34(18-21-9-13-23(40-5)14-10-21)28(37)25(19)33-27(36)24(32-30(39)42-31(2,3)4)17-20-7-11-22(12-8-20)26(35)29(38)41-6/h7-16,24,26,29,35,38H,17-18H2,1-6H3,(H,32,39)(H,33,36)/t24-,26?,29?/m0/s1. The number of anilines is 1. The summed E-state index contributed by atoms with van der Waals surface area (Å²) in [7, 11) is 2.85. The highest BCUT2D eigenvalue weighted by atomic mass is 16.6. The van der Waals surface area contributed by atoms with Gasteiger partial charge in [-0.05, 0) is 68.1 Å². The van der Waals surface area contributed by atoms with Crippen molar-refractivity contribution in [3.63, 3.8) is 0 Å². The summed E-state index contributed by atoms with van der Waals surface area (Å²) in [5.41, 5.74) is 1.39. The van der Waals surface area contributed by atoms with E-state index in [1.807, 2.05) is 12.1 Å². The van der Waals surface area contributed by atoms with E-state index in [1.165, 1.54) is 11.7 Å². The lowest BCUT2D eigenvalue weighted by molar-refractivity contribution is -0.146. The number of carbonyl (C=O) groups excluding carboxylic acids is 2. The van der Waals surface area contributed by atoms with Gasteiger partial charge in [-0.15, -0.1) is 0 Å². The first-order valence-electron chi connectivity index (χ1n) is 13.4. The van der Waals surface area contributed by atoms with Crippen LogP contribution in [0, 0.1) is 6.92 Å². The molecule has 3 rings (SSSR count). The van der Waals surface area contributed by atoms with Crippen LogP contribution < -0.4 is 20.9 Å². The van der Waals surface area contributed by atoms with Crippen molar-refractivity contribution in [1.29, 1.82) is 0 Å². The summed E-state index contributed by atoms with van der Waals surface area (Å²) in [5, 5.41) is 25.3. The van der Waals surface area contributed by atoms with E-state index in [1.54, 1.807) is 83.5 Å². The number of rotatable bonds is 11. The number of hydrogen-bond acceptors (Lipinski definition) is 8. The van der Waals surface area contributed by atoms with Crippen LogP contribution in [0.15, 0.2) is 65.6 Å². The minimum Gasteiger partial charge on any atom is -0.497 e. The van der Waals surface area contributed by atoms with Crippen molar-refractivity contribution >= 4 is 17.7 Å². The number of amides is 2. The second-order valence-corrected chi connectivity index (χ2v) is 10.9. The molecule has 0 bridgehead atoms. The molecule has 4 N–H and O–H groups in total. The number of methoxy groups -OCH3 is 2. The molecule has 3 aromatic rings. The third kappa shape index (κ3) is 8.90. The van der Waals surface area contributed by atoms with Crippen LogP contribution in [0.25, 0.3) is 0 Å². The number of hydrogen-bond donors (Lipinski definition) is 4. The molecule has 226 valence electrons. The average Bonchev–Trinajstić information content (AvgIpc) is 2.95. The van der Waals surface area contributed by atoms with Crippen molar-refractivity contribution in [2.75, 3.05) is 19.5 Å². The Morgan fingerprint density at radius 2 is 1.57 bits per heavy atom. The number of benzene rings is 2. The van der Waals surface area contributed by atoms with Gasteiger partial charge in [-0.3, -0.25) is 9.59 Å². The van der Waals surface area contributed by atoms with E-state index in [0.29, 0.717) is 22.4 Å². The quantitative estimate of drug-likeness (QED) is 0.252. The van der Waals surface area contributed by atoms with Crippen LogP contribution in [0.5, 0.6) is 5.75 Å². The van der Waals surface area contributed by atoms with Crippen LogP contribution >= 0.6 is 0 Å². The van der Waals surface area contributed by atoms with Crippen molar-refractivity contribution in [2.24, 2.45) is 0 Å². The third-order valence-electron chi connectivity index (χ3n) is 6.41. The molecule has 2 amide bonds. The van der Waals surface area contributed by atoms with E-state index >= 15 is 0 Å². The zero-order valence-corrected chi connectivity index (χ0v) is 24.7. The molecular weight excluding hydrogens is 542 g/mol. The third-order valence-corrected chi connectivity index (χ3v) is 6.41. The van der Waals surface area contributed by atoms with Gasteiger partial charge in [0.2, 0.25) is 5.91 Å². The summed E-state index contributed by atoms with van der Waals surface area (Å²) in [6, 6.07) is 14.4. The fourth-order valence-corrected chi connectivity index (χ4v) is 4.12. The van der Waals surface area contributed by atoms with Crippen molar-refractivity contribution in [2.45, 2.75) is 64.7 Å². The Bertz CT molecular complexity index is 1410. The molecule has 11 nitrogen and oxygen atoms in total. The number of alkyl carbamates (subject to hydrolysis) is 1. The van der Waals surface area contributed by atoms with Gasteiger partial charge in [0.05, 0.1) is 13.7 Å². The normalized spacial score (nSPS) is 13.5. The lowest BCUT2D eigenvalue weighted by atomic mass is 10.0. The van der Waals surface area contributed by atoms with Crippen LogP contribution in [0.1, 0.15) is 49.1 Å². The maximum atomic E-state index is 13.5. The summed E-state index contributed by atoms with van der Waals surface area (Å²) in [4.78, 5) is 39.6. The SMILES string of the molecule is COc1ccc(Cn2ccc(C)c(NC(=O)[C@H](Cc3ccc(C(O)C(O)OC)cc3)NC(=O)OC(C)(C)C)c2=O)cc1. The van der Waals surface area contributed by atoms with E-state index in [-0.39, 0.29) is 18.7 Å². The number of nitrogens with zero attached hydrogens (tertiary/aromatic N) is 1. The lowest BCUT2D eigenvalue weighted by Gasteiger charge is -2.24. The van der Waals surface area contributed by atoms with Crippen molar-refractivity contribution in [3.8, 4) is 5.75 Å². The minimum absolute atomic E-state index is 0.0558. The molecule has 3 atom stereocenters. The van der Waals surface area contributed by atoms with Crippen molar-refractivity contribution in [1.82, 2.24) is 9.88 Å². The number of nitrogens with one attached hydrogen (secondary N) is 2. The smallest absolute Gasteiger partial charge is 0.408 e. The first kappa shape index (κ1) is 32.3. The number of ether oxygens (including phenoxy) is 3. The molecule has 0 aliphatic rings. The Hall–Kier alpha value is -4.19. The van der Waals surface area contributed by atoms with Crippen LogP contribution in [0.2, 0.25) is 0 Å². The topological polar surface area (TPSA) is 148 Å². The monoisotopic (exact) mass is 581 g/mol. The predicted molar refractivity (Wildman–Crippen MR) is 157 cm³/mol. The van der Waals surface area contributed by atoms with E-state index in [9.17, 15) is 24.6 Å². The number of aromatic nitrogens is 1. The first-order valence-corrected chi connectivity index (χ1v) is 13.4. The highest BCUT2D eigenvalue weighted by Crippen LogP contribution is 2.19. The minimum atomic E-state index is -1.40. The Labute approximate surface area is 245 Å². The molecule has 42 heavy (non-hydrogen) atoms. The molecule has 0 saturated carbocycles. The molecule has 0 spiro atoms. The number of aliphatic hydroxyl groups is 2. The van der Waals surface area contributed by atoms with Gasteiger partial charge in [0, 0.05) is 19.7 Å².